The number of aliphatic hydroxyl groups is 4. The molecule has 0 bridgehead atoms. The lowest BCUT2D eigenvalue weighted by atomic mass is 9.88. The maximum absolute atomic E-state index is 12.1. The van der Waals surface area contributed by atoms with Gasteiger partial charge in [0.1, 0.15) is 41.9 Å². The number of carboxylic acids is 1. The number of aromatic carboxylic acids is 1. The molecule has 140 valence electrons. The fourth-order valence-electron chi connectivity index (χ4n) is 3.05. The van der Waals surface area contributed by atoms with Crippen LogP contribution in [0.1, 0.15) is 22.0 Å². The average molecular weight is 368 g/mol. The summed E-state index contributed by atoms with van der Waals surface area (Å²) in [7, 11) is 0. The van der Waals surface area contributed by atoms with Gasteiger partial charge in [0.05, 0.1) is 6.61 Å². The van der Waals surface area contributed by atoms with Crippen LogP contribution in [0.4, 0.5) is 0 Å². The Balaban J connectivity index is 2.30. The van der Waals surface area contributed by atoms with Gasteiger partial charge in [-0.3, -0.25) is 0 Å². The Morgan fingerprint density at radius 1 is 1.12 bits per heavy atom. The van der Waals surface area contributed by atoms with Crippen molar-refractivity contribution < 1.29 is 44.6 Å². The minimum Gasteiger partial charge on any atom is -0.508 e. The van der Waals surface area contributed by atoms with Crippen molar-refractivity contribution in [2.45, 2.75) is 30.5 Å². The largest absolute Gasteiger partial charge is 0.508 e. The van der Waals surface area contributed by atoms with Crippen LogP contribution in [0, 0.1) is 0 Å². The Bertz CT molecular complexity index is 902. The first-order chi connectivity index (χ1) is 12.3. The first-order valence-corrected chi connectivity index (χ1v) is 7.59. The highest BCUT2D eigenvalue weighted by atomic mass is 16.5. The van der Waals surface area contributed by atoms with E-state index in [0.29, 0.717) is 0 Å². The summed E-state index contributed by atoms with van der Waals surface area (Å²) in [5, 5.41) is 58.4. The highest BCUT2D eigenvalue weighted by molar-refractivity contribution is 5.95. The quantitative estimate of drug-likeness (QED) is 0.357. The number of aliphatic hydroxyl groups excluding tert-OH is 4. The highest BCUT2D eigenvalue weighted by Gasteiger charge is 2.46. The summed E-state index contributed by atoms with van der Waals surface area (Å²) in [5.74, 6) is -1.90. The molecule has 5 atom stereocenters. The molecule has 2 aromatic rings. The van der Waals surface area contributed by atoms with Crippen LogP contribution < -0.4 is 5.63 Å². The SMILES string of the molecule is O=C(O)c1c(C2O[C@H](CO)[C@H](O)[C@H](O)[C@H]2O)c2ccc(O)cc2oc1=O. The number of hydrogen-bond donors (Lipinski definition) is 6. The van der Waals surface area contributed by atoms with E-state index >= 15 is 0 Å². The smallest absolute Gasteiger partial charge is 0.351 e. The van der Waals surface area contributed by atoms with Gasteiger partial charge >= 0.3 is 11.6 Å². The summed E-state index contributed by atoms with van der Waals surface area (Å²) in [6.07, 6.45) is -8.03. The van der Waals surface area contributed by atoms with E-state index in [0.717, 1.165) is 6.07 Å². The summed E-state index contributed by atoms with van der Waals surface area (Å²) >= 11 is 0. The molecular formula is C16H16O10. The molecule has 0 radical (unpaired) electrons. The number of aromatic hydroxyl groups is 1. The molecule has 1 aromatic carbocycles. The van der Waals surface area contributed by atoms with Gasteiger partial charge in [-0.15, -0.1) is 0 Å². The Morgan fingerprint density at radius 2 is 1.81 bits per heavy atom. The van der Waals surface area contributed by atoms with E-state index in [9.17, 15) is 40.2 Å². The van der Waals surface area contributed by atoms with Crippen molar-refractivity contribution in [1.29, 1.82) is 0 Å². The molecule has 1 saturated heterocycles. The van der Waals surface area contributed by atoms with Gasteiger partial charge in [-0.25, -0.2) is 9.59 Å². The summed E-state index contributed by atoms with van der Waals surface area (Å²) in [5.41, 5.74) is -2.53. The minimum absolute atomic E-state index is 0.0455. The van der Waals surface area contributed by atoms with E-state index in [2.05, 4.69) is 0 Å². The molecule has 2 heterocycles. The van der Waals surface area contributed by atoms with Gasteiger partial charge in [-0.2, -0.15) is 0 Å². The molecule has 1 fully saturated rings. The molecule has 1 aliphatic heterocycles. The zero-order valence-electron chi connectivity index (χ0n) is 13.1. The van der Waals surface area contributed by atoms with Crippen molar-refractivity contribution in [3.63, 3.8) is 0 Å². The second kappa shape index (κ2) is 6.67. The first-order valence-electron chi connectivity index (χ1n) is 7.59. The van der Waals surface area contributed by atoms with Crippen molar-refractivity contribution in [2.24, 2.45) is 0 Å². The lowest BCUT2D eigenvalue weighted by molar-refractivity contribution is -0.231. The van der Waals surface area contributed by atoms with Crippen molar-refractivity contribution in [2.75, 3.05) is 6.61 Å². The van der Waals surface area contributed by atoms with Gasteiger partial charge in [-0.05, 0) is 12.1 Å². The molecule has 0 amide bonds. The Kier molecular flexibility index (Phi) is 4.69. The number of carboxylic acid groups (broad SMARTS) is 1. The summed E-state index contributed by atoms with van der Waals surface area (Å²) in [6.45, 7) is -0.718. The van der Waals surface area contributed by atoms with Crippen LogP contribution in [0.2, 0.25) is 0 Å². The van der Waals surface area contributed by atoms with Gasteiger partial charge in [0.25, 0.3) is 0 Å². The molecule has 1 aliphatic rings. The van der Waals surface area contributed by atoms with Gasteiger partial charge in [0, 0.05) is 17.0 Å². The molecular weight excluding hydrogens is 352 g/mol. The van der Waals surface area contributed by atoms with Crippen molar-refractivity contribution in [1.82, 2.24) is 0 Å². The number of phenols is 1. The van der Waals surface area contributed by atoms with Crippen molar-refractivity contribution in [3.05, 3.63) is 39.7 Å². The summed E-state index contributed by atoms with van der Waals surface area (Å²) < 4.78 is 10.3. The van der Waals surface area contributed by atoms with Gasteiger partial charge in [-0.1, -0.05) is 0 Å². The molecule has 1 unspecified atom stereocenters. The van der Waals surface area contributed by atoms with Gasteiger partial charge in [0.2, 0.25) is 0 Å². The zero-order chi connectivity index (χ0) is 19.2. The van der Waals surface area contributed by atoms with E-state index < -0.39 is 54.3 Å². The van der Waals surface area contributed by atoms with Crippen LogP contribution in [0.5, 0.6) is 5.75 Å². The summed E-state index contributed by atoms with van der Waals surface area (Å²) in [6, 6.07) is 3.55. The van der Waals surface area contributed by atoms with Crippen LogP contribution in [0.25, 0.3) is 11.0 Å². The second-order valence-corrected chi connectivity index (χ2v) is 5.91. The topological polar surface area (TPSA) is 178 Å². The Hall–Kier alpha value is -2.50. The first kappa shape index (κ1) is 18.3. The molecule has 10 nitrogen and oxygen atoms in total. The molecule has 3 rings (SSSR count). The molecule has 10 heteroatoms. The lowest BCUT2D eigenvalue weighted by Crippen LogP contribution is -2.55. The van der Waals surface area contributed by atoms with Gasteiger partial charge in [0.15, 0.2) is 5.56 Å². The van der Waals surface area contributed by atoms with E-state index in [1.807, 2.05) is 0 Å². The number of hydrogen-bond acceptors (Lipinski definition) is 9. The fourth-order valence-corrected chi connectivity index (χ4v) is 3.05. The van der Waals surface area contributed by atoms with E-state index in [1.165, 1.54) is 12.1 Å². The number of rotatable bonds is 3. The van der Waals surface area contributed by atoms with Crippen LogP contribution in [0.15, 0.2) is 27.4 Å². The predicted molar refractivity (Wildman–Crippen MR) is 83.8 cm³/mol. The van der Waals surface area contributed by atoms with Crippen LogP contribution >= 0.6 is 0 Å². The lowest BCUT2D eigenvalue weighted by Gasteiger charge is -2.40. The molecule has 0 saturated carbocycles. The predicted octanol–water partition coefficient (Wildman–Crippen LogP) is -1.29. The molecule has 1 aromatic heterocycles. The second-order valence-electron chi connectivity index (χ2n) is 5.91. The summed E-state index contributed by atoms with van der Waals surface area (Å²) in [4.78, 5) is 23.7. The third-order valence-electron chi connectivity index (χ3n) is 4.32. The third kappa shape index (κ3) is 2.83. The van der Waals surface area contributed by atoms with E-state index in [-0.39, 0.29) is 22.3 Å². The third-order valence-corrected chi connectivity index (χ3v) is 4.32. The molecule has 26 heavy (non-hydrogen) atoms. The highest BCUT2D eigenvalue weighted by Crippen LogP contribution is 2.37. The van der Waals surface area contributed by atoms with Crippen molar-refractivity contribution >= 4 is 16.9 Å². The number of benzene rings is 1. The van der Waals surface area contributed by atoms with Crippen LogP contribution in [-0.4, -0.2) is 67.6 Å². The monoisotopic (exact) mass is 368 g/mol. The van der Waals surface area contributed by atoms with Gasteiger partial charge < -0.3 is 39.8 Å². The molecule has 0 aliphatic carbocycles. The Labute approximate surface area is 145 Å². The van der Waals surface area contributed by atoms with Crippen LogP contribution in [-0.2, 0) is 4.74 Å². The van der Waals surface area contributed by atoms with E-state index in [1.54, 1.807) is 0 Å². The maximum atomic E-state index is 12.1. The number of fused-ring (bicyclic) bond motifs is 1. The number of carbonyl (C=O) groups is 1. The normalized spacial score (nSPS) is 29.0. The minimum atomic E-state index is -1.79. The standard InChI is InChI=1S/C16H16O10/c17-4-8-11(19)12(20)13(21)14(25-8)9-6-2-1-5(18)3-7(6)26-16(24)10(9)15(22)23/h1-3,8,11-14,17-21H,4H2,(H,22,23)/t8-,11+,12+,13-,14?/m1/s1. The zero-order valence-corrected chi connectivity index (χ0v) is 13.1. The fraction of sp³-hybridized carbons (Fsp3) is 0.375. The maximum Gasteiger partial charge on any atom is 0.351 e. The average Bonchev–Trinajstić information content (AvgIpc) is 2.58. The Morgan fingerprint density at radius 3 is 2.42 bits per heavy atom. The number of ether oxygens (including phenoxy) is 1. The molecule has 0 spiro atoms. The van der Waals surface area contributed by atoms with E-state index in [4.69, 9.17) is 9.15 Å². The van der Waals surface area contributed by atoms with Crippen molar-refractivity contribution in [3.8, 4) is 5.75 Å². The molecule has 6 N–H and O–H groups in total. The number of phenolic OH excluding ortho intramolecular Hbond substituents is 1. The van der Waals surface area contributed by atoms with Crippen LogP contribution in [0.3, 0.4) is 0 Å².